The lowest BCUT2D eigenvalue weighted by Crippen LogP contribution is -2.08. The van der Waals surface area contributed by atoms with Gasteiger partial charge in [0, 0.05) is 25.5 Å². The van der Waals surface area contributed by atoms with E-state index in [4.69, 9.17) is 5.26 Å². The van der Waals surface area contributed by atoms with Crippen LogP contribution in [0.15, 0.2) is 42.5 Å². The van der Waals surface area contributed by atoms with Crippen LogP contribution >= 0.6 is 0 Å². The first kappa shape index (κ1) is 13.0. The summed E-state index contributed by atoms with van der Waals surface area (Å²) < 4.78 is 0. The number of aryl methyl sites for hydroxylation is 1. The van der Waals surface area contributed by atoms with Crippen LogP contribution in [-0.2, 0) is 0 Å². The molecule has 3 heteroatoms. The number of nitrogens with one attached hydrogen (secondary N) is 1. The molecular formula is C16H17N3. The summed E-state index contributed by atoms with van der Waals surface area (Å²) in [7, 11) is 4.01. The van der Waals surface area contributed by atoms with Gasteiger partial charge in [0.25, 0.3) is 0 Å². The molecule has 0 aliphatic heterocycles. The molecule has 0 unspecified atom stereocenters. The molecule has 2 rings (SSSR count). The van der Waals surface area contributed by atoms with Crippen LogP contribution in [0.3, 0.4) is 0 Å². The van der Waals surface area contributed by atoms with E-state index in [0.29, 0.717) is 5.56 Å². The fraction of sp³-hybridized carbons (Fsp3) is 0.188. The van der Waals surface area contributed by atoms with Gasteiger partial charge in [-0.05, 0) is 42.8 Å². The minimum atomic E-state index is 0.662. The first-order chi connectivity index (χ1) is 9.10. The van der Waals surface area contributed by atoms with Gasteiger partial charge in [0.2, 0.25) is 0 Å². The van der Waals surface area contributed by atoms with Gasteiger partial charge in [-0.25, -0.2) is 0 Å². The van der Waals surface area contributed by atoms with Gasteiger partial charge in [0.1, 0.15) is 6.07 Å². The number of hydrogen-bond acceptors (Lipinski definition) is 3. The Kier molecular flexibility index (Phi) is 3.72. The molecule has 3 nitrogen and oxygen atoms in total. The van der Waals surface area contributed by atoms with Crippen LogP contribution < -0.4 is 10.2 Å². The SMILES string of the molecule is Cc1ccc(Nc2cccc(N(C)C)c2)c(C#N)c1. The Morgan fingerprint density at radius 1 is 1.11 bits per heavy atom. The van der Waals surface area contributed by atoms with Crippen LogP contribution in [0.2, 0.25) is 0 Å². The Hall–Kier alpha value is -2.47. The van der Waals surface area contributed by atoms with Crippen LogP contribution in [0.1, 0.15) is 11.1 Å². The van der Waals surface area contributed by atoms with Crippen LogP contribution in [0, 0.1) is 18.3 Å². The highest BCUT2D eigenvalue weighted by Gasteiger charge is 2.03. The van der Waals surface area contributed by atoms with E-state index in [1.165, 1.54) is 0 Å². The predicted molar refractivity (Wildman–Crippen MR) is 79.9 cm³/mol. The summed E-state index contributed by atoms with van der Waals surface area (Å²) in [5.74, 6) is 0. The van der Waals surface area contributed by atoms with E-state index in [0.717, 1.165) is 22.6 Å². The second-order valence-corrected chi connectivity index (χ2v) is 4.73. The van der Waals surface area contributed by atoms with Crippen molar-refractivity contribution < 1.29 is 0 Å². The first-order valence-corrected chi connectivity index (χ1v) is 6.15. The lowest BCUT2D eigenvalue weighted by Gasteiger charge is -2.15. The molecule has 0 radical (unpaired) electrons. The van der Waals surface area contributed by atoms with Gasteiger partial charge in [-0.15, -0.1) is 0 Å². The summed E-state index contributed by atoms with van der Waals surface area (Å²) in [4.78, 5) is 2.05. The van der Waals surface area contributed by atoms with Crippen LogP contribution in [0.4, 0.5) is 17.1 Å². The van der Waals surface area contributed by atoms with E-state index in [2.05, 4.69) is 17.5 Å². The summed E-state index contributed by atoms with van der Waals surface area (Å²) in [6.45, 7) is 1.98. The van der Waals surface area contributed by atoms with Gasteiger partial charge in [-0.2, -0.15) is 5.26 Å². The highest BCUT2D eigenvalue weighted by atomic mass is 15.1. The van der Waals surface area contributed by atoms with E-state index in [1.54, 1.807) is 0 Å². The Balaban J connectivity index is 2.31. The topological polar surface area (TPSA) is 39.1 Å². The normalized spacial score (nSPS) is 9.79. The second-order valence-electron chi connectivity index (χ2n) is 4.73. The smallest absolute Gasteiger partial charge is 0.101 e. The molecule has 0 spiro atoms. The molecule has 0 fully saturated rings. The summed E-state index contributed by atoms with van der Waals surface area (Å²) >= 11 is 0. The van der Waals surface area contributed by atoms with E-state index >= 15 is 0 Å². The Morgan fingerprint density at radius 2 is 1.89 bits per heavy atom. The third kappa shape index (κ3) is 3.05. The molecule has 2 aromatic carbocycles. The molecule has 0 bridgehead atoms. The molecule has 0 aromatic heterocycles. The maximum atomic E-state index is 9.17. The number of nitriles is 1. The summed E-state index contributed by atoms with van der Waals surface area (Å²) in [6.07, 6.45) is 0. The number of benzene rings is 2. The average molecular weight is 251 g/mol. The highest BCUT2D eigenvalue weighted by Crippen LogP contribution is 2.24. The zero-order valence-corrected chi connectivity index (χ0v) is 11.4. The van der Waals surface area contributed by atoms with Crippen molar-refractivity contribution >= 4 is 17.1 Å². The molecular weight excluding hydrogens is 234 g/mol. The Morgan fingerprint density at radius 3 is 2.58 bits per heavy atom. The van der Waals surface area contributed by atoms with Crippen LogP contribution in [-0.4, -0.2) is 14.1 Å². The van der Waals surface area contributed by atoms with Crippen molar-refractivity contribution in [2.45, 2.75) is 6.92 Å². The van der Waals surface area contributed by atoms with Crippen molar-refractivity contribution in [2.24, 2.45) is 0 Å². The standard InChI is InChI=1S/C16H17N3/c1-12-7-8-16(13(9-12)11-17)18-14-5-4-6-15(10-14)19(2)3/h4-10,18H,1-3H3. The van der Waals surface area contributed by atoms with Crippen molar-refractivity contribution in [3.8, 4) is 6.07 Å². The van der Waals surface area contributed by atoms with E-state index in [9.17, 15) is 0 Å². The van der Waals surface area contributed by atoms with Crippen LogP contribution in [0.25, 0.3) is 0 Å². The number of hydrogen-bond donors (Lipinski definition) is 1. The second kappa shape index (κ2) is 5.45. The molecule has 0 aliphatic carbocycles. The maximum Gasteiger partial charge on any atom is 0.101 e. The average Bonchev–Trinajstić information content (AvgIpc) is 2.41. The fourth-order valence-corrected chi connectivity index (χ4v) is 1.88. The summed E-state index contributed by atoms with van der Waals surface area (Å²) in [5.41, 5.74) is 4.69. The van der Waals surface area contributed by atoms with Gasteiger partial charge in [-0.1, -0.05) is 12.1 Å². The van der Waals surface area contributed by atoms with Crippen molar-refractivity contribution in [3.05, 3.63) is 53.6 Å². The largest absolute Gasteiger partial charge is 0.378 e. The van der Waals surface area contributed by atoms with Gasteiger partial charge in [0.05, 0.1) is 11.3 Å². The van der Waals surface area contributed by atoms with Crippen molar-refractivity contribution in [1.29, 1.82) is 5.26 Å². The zero-order valence-electron chi connectivity index (χ0n) is 11.4. The maximum absolute atomic E-state index is 9.17. The predicted octanol–water partition coefficient (Wildman–Crippen LogP) is 3.68. The highest BCUT2D eigenvalue weighted by molar-refractivity contribution is 5.69. The van der Waals surface area contributed by atoms with Gasteiger partial charge in [-0.3, -0.25) is 0 Å². The van der Waals surface area contributed by atoms with Crippen molar-refractivity contribution in [2.75, 3.05) is 24.3 Å². The molecule has 0 saturated heterocycles. The number of nitrogens with zero attached hydrogens (tertiary/aromatic N) is 2. The van der Waals surface area contributed by atoms with E-state index in [-0.39, 0.29) is 0 Å². The molecule has 0 aliphatic rings. The fourth-order valence-electron chi connectivity index (χ4n) is 1.88. The molecule has 0 saturated carbocycles. The van der Waals surface area contributed by atoms with Crippen molar-refractivity contribution in [1.82, 2.24) is 0 Å². The minimum Gasteiger partial charge on any atom is -0.378 e. The zero-order chi connectivity index (χ0) is 13.8. The summed E-state index contributed by atoms with van der Waals surface area (Å²) in [6, 6.07) is 16.1. The van der Waals surface area contributed by atoms with Gasteiger partial charge < -0.3 is 10.2 Å². The van der Waals surface area contributed by atoms with Gasteiger partial charge >= 0.3 is 0 Å². The quantitative estimate of drug-likeness (QED) is 0.904. The molecule has 0 heterocycles. The molecule has 1 N–H and O–H groups in total. The molecule has 0 atom stereocenters. The first-order valence-electron chi connectivity index (χ1n) is 6.15. The minimum absolute atomic E-state index is 0.662. The van der Waals surface area contributed by atoms with E-state index in [1.807, 2.05) is 62.3 Å². The Labute approximate surface area is 114 Å². The monoisotopic (exact) mass is 251 g/mol. The number of anilines is 3. The number of rotatable bonds is 3. The lowest BCUT2D eigenvalue weighted by atomic mass is 10.1. The molecule has 2 aromatic rings. The van der Waals surface area contributed by atoms with Crippen LogP contribution in [0.5, 0.6) is 0 Å². The molecule has 19 heavy (non-hydrogen) atoms. The summed E-state index contributed by atoms with van der Waals surface area (Å²) in [5, 5.41) is 12.5. The third-order valence-corrected chi connectivity index (χ3v) is 2.94. The molecule has 0 amide bonds. The third-order valence-electron chi connectivity index (χ3n) is 2.94. The van der Waals surface area contributed by atoms with Gasteiger partial charge in [0.15, 0.2) is 0 Å². The lowest BCUT2D eigenvalue weighted by molar-refractivity contribution is 1.13. The van der Waals surface area contributed by atoms with Crippen molar-refractivity contribution in [3.63, 3.8) is 0 Å². The van der Waals surface area contributed by atoms with E-state index < -0.39 is 0 Å². The molecule has 96 valence electrons. The Bertz CT molecular complexity index is 624.